The van der Waals surface area contributed by atoms with E-state index in [4.69, 9.17) is 9.72 Å². The van der Waals surface area contributed by atoms with Gasteiger partial charge in [0.1, 0.15) is 5.82 Å². The predicted molar refractivity (Wildman–Crippen MR) is 109 cm³/mol. The molecule has 3 aliphatic rings. The standard InChI is InChI=1S/C22H36N4O2/c1-28-15-14-24-9-5-10-25(13-12-24)22(27)19-8-11-26-20(16-19)17-23-21(26)18-6-3-2-4-7-18/h17-19H,2-16H2,1H3/t19-/m0/s1. The maximum absolute atomic E-state index is 13.2. The third kappa shape index (κ3) is 4.43. The number of nitrogens with zero attached hydrogens (tertiary/aromatic N) is 4. The summed E-state index contributed by atoms with van der Waals surface area (Å²) in [5.41, 5.74) is 1.28. The smallest absolute Gasteiger partial charge is 0.226 e. The number of methoxy groups -OCH3 is 1. The van der Waals surface area contributed by atoms with E-state index in [1.807, 2.05) is 0 Å². The average molecular weight is 389 g/mol. The Kier molecular flexibility index (Phi) is 6.68. The lowest BCUT2D eigenvalue weighted by Gasteiger charge is -2.31. The summed E-state index contributed by atoms with van der Waals surface area (Å²) in [5.74, 6) is 2.43. The normalized spacial score (nSPS) is 24.8. The largest absolute Gasteiger partial charge is 0.383 e. The van der Waals surface area contributed by atoms with Crippen molar-refractivity contribution in [3.63, 3.8) is 0 Å². The molecule has 1 saturated carbocycles. The first-order valence-corrected chi connectivity index (χ1v) is 11.3. The van der Waals surface area contributed by atoms with Crippen LogP contribution in [0.3, 0.4) is 0 Å². The van der Waals surface area contributed by atoms with E-state index in [1.54, 1.807) is 7.11 Å². The van der Waals surface area contributed by atoms with E-state index in [9.17, 15) is 4.79 Å². The van der Waals surface area contributed by atoms with E-state index in [0.717, 1.165) is 65.1 Å². The maximum Gasteiger partial charge on any atom is 0.226 e. The van der Waals surface area contributed by atoms with Gasteiger partial charge in [0.2, 0.25) is 5.91 Å². The molecule has 3 heterocycles. The summed E-state index contributed by atoms with van der Waals surface area (Å²) in [6.45, 7) is 6.47. The second-order valence-corrected chi connectivity index (χ2v) is 8.80. The summed E-state index contributed by atoms with van der Waals surface area (Å²) in [6, 6.07) is 0. The van der Waals surface area contributed by atoms with Crippen molar-refractivity contribution in [3.05, 3.63) is 17.7 Å². The van der Waals surface area contributed by atoms with Gasteiger partial charge in [0, 0.05) is 70.0 Å². The van der Waals surface area contributed by atoms with E-state index in [2.05, 4.69) is 20.6 Å². The van der Waals surface area contributed by atoms with Crippen LogP contribution in [0.1, 0.15) is 62.4 Å². The molecular weight excluding hydrogens is 352 g/mol. The van der Waals surface area contributed by atoms with Crippen LogP contribution in [0.15, 0.2) is 6.20 Å². The maximum atomic E-state index is 13.2. The number of fused-ring (bicyclic) bond motifs is 1. The summed E-state index contributed by atoms with van der Waals surface area (Å²) < 4.78 is 7.64. The Bertz CT molecular complexity index is 653. The lowest BCUT2D eigenvalue weighted by atomic mass is 9.88. The zero-order valence-electron chi connectivity index (χ0n) is 17.4. The quantitative estimate of drug-likeness (QED) is 0.778. The number of hydrogen-bond donors (Lipinski definition) is 0. The molecule has 0 aromatic carbocycles. The molecule has 1 saturated heterocycles. The first kappa shape index (κ1) is 19.9. The molecule has 2 fully saturated rings. The fourth-order valence-corrected chi connectivity index (χ4v) is 5.28. The van der Waals surface area contributed by atoms with Crippen molar-refractivity contribution in [3.8, 4) is 0 Å². The van der Waals surface area contributed by atoms with Crippen LogP contribution in [0.4, 0.5) is 0 Å². The molecule has 1 aromatic heterocycles. The van der Waals surface area contributed by atoms with Gasteiger partial charge in [0.25, 0.3) is 0 Å². The summed E-state index contributed by atoms with van der Waals surface area (Å²) in [4.78, 5) is 22.5. The molecule has 0 unspecified atom stereocenters. The summed E-state index contributed by atoms with van der Waals surface area (Å²) in [6.07, 6.45) is 11.6. The molecule has 1 atom stereocenters. The van der Waals surface area contributed by atoms with Gasteiger partial charge in [-0.1, -0.05) is 19.3 Å². The fourth-order valence-electron chi connectivity index (χ4n) is 5.28. The van der Waals surface area contributed by atoms with Crippen LogP contribution in [0.2, 0.25) is 0 Å². The van der Waals surface area contributed by atoms with Gasteiger partial charge < -0.3 is 14.2 Å². The van der Waals surface area contributed by atoms with Gasteiger partial charge in [-0.25, -0.2) is 4.98 Å². The molecule has 1 aliphatic carbocycles. The van der Waals surface area contributed by atoms with Gasteiger partial charge in [-0.15, -0.1) is 0 Å². The topological polar surface area (TPSA) is 50.6 Å². The number of carbonyl (C=O) groups is 1. The predicted octanol–water partition coefficient (Wildman–Crippen LogP) is 2.67. The first-order chi connectivity index (χ1) is 13.8. The van der Waals surface area contributed by atoms with E-state index >= 15 is 0 Å². The number of aromatic nitrogens is 2. The molecular formula is C22H36N4O2. The van der Waals surface area contributed by atoms with Crippen LogP contribution in [0, 0.1) is 5.92 Å². The average Bonchev–Trinajstić information content (AvgIpc) is 3.02. The van der Waals surface area contributed by atoms with Crippen LogP contribution in [0.5, 0.6) is 0 Å². The SMILES string of the molecule is COCCN1CCCN(C(=O)[C@H]2CCn3c(cnc3C3CCCCC3)C2)CC1. The van der Waals surface area contributed by atoms with Crippen LogP contribution in [0.25, 0.3) is 0 Å². The third-order valence-corrected chi connectivity index (χ3v) is 6.96. The Hall–Kier alpha value is -1.40. The van der Waals surface area contributed by atoms with Crippen molar-refractivity contribution < 1.29 is 9.53 Å². The van der Waals surface area contributed by atoms with Crippen molar-refractivity contribution >= 4 is 5.91 Å². The number of hydrogen-bond acceptors (Lipinski definition) is 4. The van der Waals surface area contributed by atoms with E-state index < -0.39 is 0 Å². The zero-order valence-corrected chi connectivity index (χ0v) is 17.4. The summed E-state index contributed by atoms with van der Waals surface area (Å²) in [7, 11) is 1.75. The molecule has 0 N–H and O–H groups in total. The summed E-state index contributed by atoms with van der Waals surface area (Å²) >= 11 is 0. The second-order valence-electron chi connectivity index (χ2n) is 8.80. The Morgan fingerprint density at radius 2 is 1.93 bits per heavy atom. The molecule has 156 valence electrons. The van der Waals surface area contributed by atoms with Gasteiger partial charge in [-0.2, -0.15) is 0 Å². The number of amides is 1. The van der Waals surface area contributed by atoms with Gasteiger partial charge in [0.15, 0.2) is 0 Å². The highest BCUT2D eigenvalue weighted by molar-refractivity contribution is 5.79. The van der Waals surface area contributed by atoms with Crippen LogP contribution in [-0.2, 0) is 22.5 Å². The molecule has 4 rings (SSSR count). The Balaban J connectivity index is 1.35. The molecule has 6 heteroatoms. The minimum absolute atomic E-state index is 0.133. The molecule has 0 radical (unpaired) electrons. The zero-order chi connectivity index (χ0) is 19.3. The van der Waals surface area contributed by atoms with Crippen molar-refractivity contribution in [1.82, 2.24) is 19.4 Å². The Morgan fingerprint density at radius 3 is 2.75 bits per heavy atom. The number of imidazole rings is 1. The second kappa shape index (κ2) is 9.40. The molecule has 0 spiro atoms. The van der Waals surface area contributed by atoms with Crippen LogP contribution < -0.4 is 0 Å². The highest BCUT2D eigenvalue weighted by Crippen LogP contribution is 2.34. The number of ether oxygens (including phenoxy) is 1. The first-order valence-electron chi connectivity index (χ1n) is 11.3. The monoisotopic (exact) mass is 388 g/mol. The van der Waals surface area contributed by atoms with Crippen LogP contribution in [-0.4, -0.2) is 71.7 Å². The highest BCUT2D eigenvalue weighted by Gasteiger charge is 2.32. The highest BCUT2D eigenvalue weighted by atomic mass is 16.5. The van der Waals surface area contributed by atoms with Crippen molar-refractivity contribution in [2.24, 2.45) is 5.92 Å². The molecule has 6 nitrogen and oxygen atoms in total. The van der Waals surface area contributed by atoms with Gasteiger partial charge in [-0.05, 0) is 32.2 Å². The lowest BCUT2D eigenvalue weighted by Crippen LogP contribution is -2.41. The third-order valence-electron chi connectivity index (χ3n) is 6.96. The van der Waals surface area contributed by atoms with E-state index in [0.29, 0.717) is 11.8 Å². The minimum Gasteiger partial charge on any atom is -0.383 e. The van der Waals surface area contributed by atoms with Gasteiger partial charge >= 0.3 is 0 Å². The van der Waals surface area contributed by atoms with Gasteiger partial charge in [-0.3, -0.25) is 9.69 Å². The van der Waals surface area contributed by atoms with Crippen molar-refractivity contribution in [2.75, 3.05) is 46.4 Å². The molecule has 1 amide bonds. The summed E-state index contributed by atoms with van der Waals surface area (Å²) in [5, 5.41) is 0. The number of rotatable bonds is 5. The molecule has 28 heavy (non-hydrogen) atoms. The minimum atomic E-state index is 0.133. The molecule has 2 aliphatic heterocycles. The molecule has 1 aromatic rings. The number of carbonyl (C=O) groups excluding carboxylic acids is 1. The van der Waals surface area contributed by atoms with E-state index in [-0.39, 0.29) is 5.92 Å². The van der Waals surface area contributed by atoms with E-state index in [1.165, 1.54) is 43.6 Å². The lowest BCUT2D eigenvalue weighted by molar-refractivity contribution is -0.136. The fraction of sp³-hybridized carbons (Fsp3) is 0.818. The van der Waals surface area contributed by atoms with Crippen LogP contribution >= 0.6 is 0 Å². The van der Waals surface area contributed by atoms with Crippen molar-refractivity contribution in [2.45, 2.75) is 63.8 Å². The Morgan fingerprint density at radius 1 is 1.07 bits per heavy atom. The molecule has 0 bridgehead atoms. The van der Waals surface area contributed by atoms with Gasteiger partial charge in [0.05, 0.1) is 6.61 Å². The Labute approximate surface area is 169 Å². The van der Waals surface area contributed by atoms with Crippen molar-refractivity contribution in [1.29, 1.82) is 0 Å².